The van der Waals surface area contributed by atoms with Gasteiger partial charge in [0, 0.05) is 22.2 Å². The second-order valence-corrected chi connectivity index (χ2v) is 6.63. The van der Waals surface area contributed by atoms with Crippen LogP contribution >= 0.6 is 23.4 Å². The van der Waals surface area contributed by atoms with E-state index in [1.54, 1.807) is 50.1 Å². The highest BCUT2D eigenvalue weighted by Gasteiger charge is 2.14. The van der Waals surface area contributed by atoms with Gasteiger partial charge in [-0.1, -0.05) is 11.6 Å². The summed E-state index contributed by atoms with van der Waals surface area (Å²) in [6.45, 7) is 2.30. The van der Waals surface area contributed by atoms with E-state index in [0.717, 1.165) is 21.4 Å². The van der Waals surface area contributed by atoms with E-state index in [4.69, 9.17) is 21.1 Å². The molecular formula is C18H20ClNO3S. The summed E-state index contributed by atoms with van der Waals surface area (Å²) in [5, 5.41) is 3.59. The molecule has 0 radical (unpaired) electrons. The number of ether oxygens (including phenoxy) is 2. The number of carbonyl (C=O) groups excluding carboxylic acids is 1. The van der Waals surface area contributed by atoms with Crippen molar-refractivity contribution in [3.05, 3.63) is 53.6 Å². The third-order valence-corrected chi connectivity index (χ3v) is 4.49. The monoisotopic (exact) mass is 365 g/mol. The molecule has 0 saturated heterocycles. The third-order valence-electron chi connectivity index (χ3n) is 3.23. The van der Waals surface area contributed by atoms with Gasteiger partial charge in [-0.3, -0.25) is 4.79 Å². The number of hydrogen-bond donors (Lipinski definition) is 1. The molecule has 0 heterocycles. The van der Waals surface area contributed by atoms with Crippen LogP contribution in [0.2, 0.25) is 5.02 Å². The molecule has 4 nitrogen and oxygen atoms in total. The molecule has 0 saturated carbocycles. The molecule has 0 aliphatic rings. The van der Waals surface area contributed by atoms with Crippen LogP contribution in [0.15, 0.2) is 53.4 Å². The van der Waals surface area contributed by atoms with Crippen molar-refractivity contribution in [2.75, 3.05) is 19.4 Å². The number of thioether (sulfide) groups is 1. The minimum atomic E-state index is -0.557. The van der Waals surface area contributed by atoms with E-state index < -0.39 is 6.10 Å². The first-order chi connectivity index (χ1) is 11.6. The number of amides is 1. The topological polar surface area (TPSA) is 47.6 Å². The second kappa shape index (κ2) is 9.45. The van der Waals surface area contributed by atoms with Crippen molar-refractivity contribution in [3.63, 3.8) is 0 Å². The maximum absolute atomic E-state index is 12.0. The van der Waals surface area contributed by atoms with Gasteiger partial charge in [0.1, 0.15) is 11.5 Å². The van der Waals surface area contributed by atoms with Crippen LogP contribution in [-0.2, 0) is 4.79 Å². The van der Waals surface area contributed by atoms with Crippen molar-refractivity contribution in [2.24, 2.45) is 0 Å². The Morgan fingerprint density at radius 3 is 2.38 bits per heavy atom. The lowest BCUT2D eigenvalue weighted by atomic mass is 10.3. The Labute approximate surface area is 151 Å². The Balaban J connectivity index is 1.70. The fourth-order valence-corrected chi connectivity index (χ4v) is 2.82. The smallest absolute Gasteiger partial charge is 0.260 e. The molecule has 0 aliphatic heterocycles. The van der Waals surface area contributed by atoms with Gasteiger partial charge in [0.2, 0.25) is 0 Å². The van der Waals surface area contributed by atoms with Crippen LogP contribution in [0.4, 0.5) is 0 Å². The van der Waals surface area contributed by atoms with E-state index >= 15 is 0 Å². The van der Waals surface area contributed by atoms with Gasteiger partial charge in [0.15, 0.2) is 6.10 Å². The lowest BCUT2D eigenvalue weighted by Gasteiger charge is -2.15. The standard InChI is InChI=1S/C18H20ClNO3S/c1-13(23-16-7-5-15(22-2)6-8-16)18(21)20-11-12-24-17-9-3-14(19)4-10-17/h3-10,13H,11-12H2,1-2H3,(H,20,21)/t13-/m1/s1. The minimum absolute atomic E-state index is 0.137. The number of rotatable bonds is 8. The maximum Gasteiger partial charge on any atom is 0.260 e. The number of hydrogen-bond acceptors (Lipinski definition) is 4. The molecule has 0 aromatic heterocycles. The first kappa shape index (κ1) is 18.5. The van der Waals surface area contributed by atoms with Crippen LogP contribution < -0.4 is 14.8 Å². The van der Waals surface area contributed by atoms with Crippen LogP contribution in [-0.4, -0.2) is 31.4 Å². The Bertz CT molecular complexity index is 646. The second-order valence-electron chi connectivity index (χ2n) is 5.03. The van der Waals surface area contributed by atoms with Crippen LogP contribution in [0, 0.1) is 0 Å². The van der Waals surface area contributed by atoms with Crippen LogP contribution in [0.25, 0.3) is 0 Å². The highest BCUT2D eigenvalue weighted by molar-refractivity contribution is 7.99. The predicted octanol–water partition coefficient (Wildman–Crippen LogP) is 4.02. The van der Waals surface area contributed by atoms with E-state index in [1.807, 2.05) is 24.3 Å². The maximum atomic E-state index is 12.0. The van der Waals surface area contributed by atoms with E-state index in [0.29, 0.717) is 12.3 Å². The molecule has 1 amide bonds. The van der Waals surface area contributed by atoms with Crippen molar-refractivity contribution in [1.82, 2.24) is 5.32 Å². The number of methoxy groups -OCH3 is 1. The zero-order valence-corrected chi connectivity index (χ0v) is 15.2. The summed E-state index contributed by atoms with van der Waals surface area (Å²) in [6, 6.07) is 14.8. The first-order valence-corrected chi connectivity index (χ1v) is 8.91. The third kappa shape index (κ3) is 5.98. The van der Waals surface area contributed by atoms with Crippen molar-refractivity contribution < 1.29 is 14.3 Å². The summed E-state index contributed by atoms with van der Waals surface area (Å²) in [7, 11) is 1.61. The van der Waals surface area contributed by atoms with Gasteiger partial charge in [-0.2, -0.15) is 0 Å². The Morgan fingerprint density at radius 2 is 1.75 bits per heavy atom. The molecule has 1 N–H and O–H groups in total. The molecule has 6 heteroatoms. The summed E-state index contributed by atoms with van der Waals surface area (Å²) >= 11 is 7.51. The molecule has 0 fully saturated rings. The zero-order chi connectivity index (χ0) is 17.4. The average Bonchev–Trinajstić information content (AvgIpc) is 2.60. The quantitative estimate of drug-likeness (QED) is 0.567. The highest BCUT2D eigenvalue weighted by Crippen LogP contribution is 2.20. The first-order valence-electron chi connectivity index (χ1n) is 7.55. The summed E-state index contributed by atoms with van der Waals surface area (Å²) in [5.74, 6) is 2.03. The fraction of sp³-hybridized carbons (Fsp3) is 0.278. The SMILES string of the molecule is COc1ccc(O[C@H](C)C(=O)NCCSc2ccc(Cl)cc2)cc1. The molecule has 2 rings (SSSR count). The van der Waals surface area contributed by atoms with E-state index in [-0.39, 0.29) is 5.91 Å². The Morgan fingerprint density at radius 1 is 1.12 bits per heavy atom. The van der Waals surface area contributed by atoms with Gasteiger partial charge >= 0.3 is 0 Å². The molecule has 0 spiro atoms. The summed E-state index contributed by atoms with van der Waals surface area (Å²) in [4.78, 5) is 13.2. The van der Waals surface area contributed by atoms with E-state index in [2.05, 4.69) is 5.32 Å². The number of nitrogens with one attached hydrogen (secondary N) is 1. The number of benzene rings is 2. The van der Waals surface area contributed by atoms with Gasteiger partial charge in [-0.15, -0.1) is 11.8 Å². The molecule has 2 aromatic rings. The lowest BCUT2D eigenvalue weighted by molar-refractivity contribution is -0.127. The van der Waals surface area contributed by atoms with Crippen molar-refractivity contribution >= 4 is 29.3 Å². The highest BCUT2D eigenvalue weighted by atomic mass is 35.5. The molecule has 128 valence electrons. The molecule has 0 aliphatic carbocycles. The van der Waals surface area contributed by atoms with Crippen LogP contribution in [0.5, 0.6) is 11.5 Å². The van der Waals surface area contributed by atoms with Gasteiger partial charge in [-0.05, 0) is 55.5 Å². The molecule has 2 aromatic carbocycles. The minimum Gasteiger partial charge on any atom is -0.497 e. The summed E-state index contributed by atoms with van der Waals surface area (Å²) < 4.78 is 10.7. The van der Waals surface area contributed by atoms with Crippen molar-refractivity contribution in [1.29, 1.82) is 0 Å². The molecule has 0 bridgehead atoms. The number of carbonyl (C=O) groups is 1. The van der Waals surface area contributed by atoms with E-state index in [9.17, 15) is 4.79 Å². The lowest BCUT2D eigenvalue weighted by Crippen LogP contribution is -2.37. The van der Waals surface area contributed by atoms with Crippen molar-refractivity contribution in [3.8, 4) is 11.5 Å². The summed E-state index contributed by atoms with van der Waals surface area (Å²) in [5.41, 5.74) is 0. The normalized spacial score (nSPS) is 11.6. The van der Waals surface area contributed by atoms with Gasteiger partial charge in [0.25, 0.3) is 5.91 Å². The average molecular weight is 366 g/mol. The number of halogens is 1. The van der Waals surface area contributed by atoms with E-state index in [1.165, 1.54) is 0 Å². The molecular weight excluding hydrogens is 346 g/mol. The van der Waals surface area contributed by atoms with Gasteiger partial charge in [-0.25, -0.2) is 0 Å². The zero-order valence-electron chi connectivity index (χ0n) is 13.6. The Kier molecular flexibility index (Phi) is 7.28. The van der Waals surface area contributed by atoms with Crippen molar-refractivity contribution in [2.45, 2.75) is 17.9 Å². The van der Waals surface area contributed by atoms with Gasteiger partial charge < -0.3 is 14.8 Å². The molecule has 1 atom stereocenters. The predicted molar refractivity (Wildman–Crippen MR) is 98.3 cm³/mol. The van der Waals surface area contributed by atoms with Gasteiger partial charge in [0.05, 0.1) is 7.11 Å². The van der Waals surface area contributed by atoms with Crippen LogP contribution in [0.3, 0.4) is 0 Å². The van der Waals surface area contributed by atoms with Crippen LogP contribution in [0.1, 0.15) is 6.92 Å². The largest absolute Gasteiger partial charge is 0.497 e. The Hall–Kier alpha value is -1.85. The fourth-order valence-electron chi connectivity index (χ4n) is 1.93. The molecule has 0 unspecified atom stereocenters. The molecule has 24 heavy (non-hydrogen) atoms. The summed E-state index contributed by atoms with van der Waals surface area (Å²) in [6.07, 6.45) is -0.557.